The molecule has 0 unspecified atom stereocenters. The molecule has 0 aliphatic heterocycles. The second kappa shape index (κ2) is 7.09. The van der Waals surface area contributed by atoms with Crippen LogP contribution in [0, 0.1) is 6.92 Å². The fourth-order valence-electron chi connectivity index (χ4n) is 2.45. The Labute approximate surface area is 134 Å². The van der Waals surface area contributed by atoms with Crippen LogP contribution in [-0.2, 0) is 9.53 Å². The maximum Gasteiger partial charge on any atom is 0.342 e. The van der Waals surface area contributed by atoms with Crippen molar-refractivity contribution in [3.8, 4) is 0 Å². The van der Waals surface area contributed by atoms with Crippen molar-refractivity contribution >= 4 is 28.7 Å². The molecule has 0 amide bonds. The standard InChI is InChI=1S/C17H20N2O4/c1-4-23-17(22)15-11(2)12-7-5-6-8-13(12)18-16(15)19(3)10-9-14(20)21/h5-8H,4,9-10H2,1-3H3,(H,20,21). The van der Waals surface area contributed by atoms with Crippen LogP contribution in [0.3, 0.4) is 0 Å². The molecular formula is C17H20N2O4. The SMILES string of the molecule is CCOC(=O)c1c(N(C)CCC(=O)O)nc2ccccc2c1C. The van der Waals surface area contributed by atoms with Crippen LogP contribution in [0.1, 0.15) is 29.3 Å². The normalized spacial score (nSPS) is 10.6. The van der Waals surface area contributed by atoms with Crippen LogP contribution in [0.15, 0.2) is 24.3 Å². The number of esters is 1. The molecule has 2 aromatic rings. The van der Waals surface area contributed by atoms with Crippen molar-refractivity contribution in [3.05, 3.63) is 35.4 Å². The maximum absolute atomic E-state index is 12.4. The molecule has 0 aliphatic rings. The second-order valence-electron chi connectivity index (χ2n) is 5.24. The predicted octanol–water partition coefficient (Wildman–Crippen LogP) is 2.63. The van der Waals surface area contributed by atoms with Crippen LogP contribution < -0.4 is 4.90 Å². The van der Waals surface area contributed by atoms with E-state index in [-0.39, 0.29) is 19.6 Å². The van der Waals surface area contributed by atoms with Gasteiger partial charge in [-0.3, -0.25) is 4.79 Å². The Bertz CT molecular complexity index is 743. The summed E-state index contributed by atoms with van der Waals surface area (Å²) in [6.07, 6.45) is -0.0354. The number of aryl methyl sites for hydroxylation is 1. The number of para-hydroxylation sites is 1. The van der Waals surface area contributed by atoms with E-state index in [1.54, 1.807) is 18.9 Å². The molecule has 0 saturated heterocycles. The summed E-state index contributed by atoms with van der Waals surface area (Å²) >= 11 is 0. The van der Waals surface area contributed by atoms with Crippen molar-refractivity contribution in [2.75, 3.05) is 25.1 Å². The molecule has 0 aliphatic carbocycles. The summed E-state index contributed by atoms with van der Waals surface area (Å²) in [7, 11) is 1.72. The predicted molar refractivity (Wildman–Crippen MR) is 88.0 cm³/mol. The van der Waals surface area contributed by atoms with E-state index in [1.807, 2.05) is 31.2 Å². The number of rotatable bonds is 6. The lowest BCUT2D eigenvalue weighted by Gasteiger charge is -2.22. The second-order valence-corrected chi connectivity index (χ2v) is 5.24. The number of carbonyl (C=O) groups is 2. The minimum atomic E-state index is -0.896. The molecule has 0 saturated carbocycles. The van der Waals surface area contributed by atoms with Crippen molar-refractivity contribution in [2.24, 2.45) is 0 Å². The highest BCUT2D eigenvalue weighted by Crippen LogP contribution is 2.28. The third-order valence-electron chi connectivity index (χ3n) is 3.64. The van der Waals surface area contributed by atoms with Gasteiger partial charge in [-0.2, -0.15) is 0 Å². The molecule has 0 radical (unpaired) electrons. The summed E-state index contributed by atoms with van der Waals surface area (Å²) in [5.74, 6) is -0.895. The van der Waals surface area contributed by atoms with Gasteiger partial charge in [-0.05, 0) is 25.5 Å². The fraction of sp³-hybridized carbons (Fsp3) is 0.353. The molecule has 0 atom stereocenters. The van der Waals surface area contributed by atoms with Crippen molar-refractivity contribution in [1.29, 1.82) is 0 Å². The summed E-state index contributed by atoms with van der Waals surface area (Å²) < 4.78 is 5.15. The van der Waals surface area contributed by atoms with Crippen molar-refractivity contribution in [1.82, 2.24) is 4.98 Å². The first-order valence-electron chi connectivity index (χ1n) is 7.45. The summed E-state index contributed by atoms with van der Waals surface area (Å²) in [6, 6.07) is 7.53. The molecule has 6 nitrogen and oxygen atoms in total. The Hall–Kier alpha value is -2.63. The summed E-state index contributed by atoms with van der Waals surface area (Å²) in [4.78, 5) is 29.4. The van der Waals surface area contributed by atoms with Gasteiger partial charge in [-0.1, -0.05) is 18.2 Å². The van der Waals surface area contributed by atoms with E-state index in [9.17, 15) is 9.59 Å². The molecule has 1 aromatic carbocycles. The Morgan fingerprint density at radius 2 is 2.00 bits per heavy atom. The zero-order valence-corrected chi connectivity index (χ0v) is 13.5. The smallest absolute Gasteiger partial charge is 0.342 e. The first kappa shape index (κ1) is 16.7. The highest BCUT2D eigenvalue weighted by molar-refractivity contribution is 6.02. The molecule has 1 aromatic heterocycles. The van der Waals surface area contributed by atoms with Gasteiger partial charge in [0.1, 0.15) is 11.4 Å². The quantitative estimate of drug-likeness (QED) is 0.825. The summed E-state index contributed by atoms with van der Waals surface area (Å²) in [5, 5.41) is 9.74. The van der Waals surface area contributed by atoms with E-state index in [1.165, 1.54) is 0 Å². The number of pyridine rings is 1. The lowest BCUT2D eigenvalue weighted by atomic mass is 10.0. The number of hydrogen-bond donors (Lipinski definition) is 1. The van der Waals surface area contributed by atoms with Gasteiger partial charge in [-0.25, -0.2) is 9.78 Å². The van der Waals surface area contributed by atoms with Crippen molar-refractivity contribution in [3.63, 3.8) is 0 Å². The Morgan fingerprint density at radius 3 is 2.65 bits per heavy atom. The van der Waals surface area contributed by atoms with Gasteiger partial charge in [0.05, 0.1) is 18.5 Å². The number of fused-ring (bicyclic) bond motifs is 1. The van der Waals surface area contributed by atoms with E-state index in [0.29, 0.717) is 11.4 Å². The topological polar surface area (TPSA) is 79.7 Å². The number of anilines is 1. The van der Waals surface area contributed by atoms with Crippen LogP contribution in [-0.4, -0.2) is 42.2 Å². The van der Waals surface area contributed by atoms with Crippen molar-refractivity contribution in [2.45, 2.75) is 20.3 Å². The molecule has 0 bridgehead atoms. The van der Waals surface area contributed by atoms with Crippen LogP contribution in [0.4, 0.5) is 5.82 Å². The molecule has 0 spiro atoms. The third-order valence-corrected chi connectivity index (χ3v) is 3.64. The molecule has 6 heteroatoms. The van der Waals surface area contributed by atoms with Crippen LogP contribution in [0.5, 0.6) is 0 Å². The minimum absolute atomic E-state index is 0.0354. The first-order chi connectivity index (χ1) is 11.0. The van der Waals surface area contributed by atoms with Gasteiger partial charge in [0, 0.05) is 19.0 Å². The molecule has 1 heterocycles. The Balaban J connectivity index is 2.57. The first-order valence-corrected chi connectivity index (χ1v) is 7.45. The molecule has 23 heavy (non-hydrogen) atoms. The molecular weight excluding hydrogens is 296 g/mol. The van der Waals surface area contributed by atoms with Crippen LogP contribution in [0.25, 0.3) is 10.9 Å². The van der Waals surface area contributed by atoms with E-state index < -0.39 is 11.9 Å². The fourth-order valence-corrected chi connectivity index (χ4v) is 2.45. The lowest BCUT2D eigenvalue weighted by Crippen LogP contribution is -2.25. The number of hydrogen-bond acceptors (Lipinski definition) is 5. The molecule has 1 N–H and O–H groups in total. The zero-order chi connectivity index (χ0) is 17.0. The molecule has 0 fully saturated rings. The lowest BCUT2D eigenvalue weighted by molar-refractivity contribution is -0.136. The minimum Gasteiger partial charge on any atom is -0.481 e. The van der Waals surface area contributed by atoms with E-state index in [4.69, 9.17) is 9.84 Å². The average Bonchev–Trinajstić information content (AvgIpc) is 2.52. The summed E-state index contributed by atoms with van der Waals surface area (Å²) in [5.41, 5.74) is 1.93. The average molecular weight is 316 g/mol. The number of aromatic nitrogens is 1. The van der Waals surface area contributed by atoms with Gasteiger partial charge in [0.15, 0.2) is 0 Å². The largest absolute Gasteiger partial charge is 0.481 e. The molecule has 122 valence electrons. The Morgan fingerprint density at radius 1 is 1.30 bits per heavy atom. The van der Waals surface area contributed by atoms with E-state index in [2.05, 4.69) is 4.98 Å². The van der Waals surface area contributed by atoms with Gasteiger partial charge >= 0.3 is 11.9 Å². The zero-order valence-electron chi connectivity index (χ0n) is 13.5. The third kappa shape index (κ3) is 3.59. The highest BCUT2D eigenvalue weighted by Gasteiger charge is 2.22. The van der Waals surface area contributed by atoms with Gasteiger partial charge < -0.3 is 14.7 Å². The number of nitrogens with zero attached hydrogens (tertiary/aromatic N) is 2. The number of carboxylic acids is 1. The number of benzene rings is 1. The highest BCUT2D eigenvalue weighted by atomic mass is 16.5. The van der Waals surface area contributed by atoms with E-state index in [0.717, 1.165) is 16.5 Å². The van der Waals surface area contributed by atoms with Gasteiger partial charge in [0.25, 0.3) is 0 Å². The maximum atomic E-state index is 12.4. The number of ether oxygens (including phenoxy) is 1. The van der Waals surface area contributed by atoms with Gasteiger partial charge in [0.2, 0.25) is 0 Å². The number of carbonyl (C=O) groups excluding carboxylic acids is 1. The van der Waals surface area contributed by atoms with Gasteiger partial charge in [-0.15, -0.1) is 0 Å². The van der Waals surface area contributed by atoms with Crippen molar-refractivity contribution < 1.29 is 19.4 Å². The molecule has 2 rings (SSSR count). The van der Waals surface area contributed by atoms with Crippen LogP contribution in [0.2, 0.25) is 0 Å². The Kier molecular flexibility index (Phi) is 5.16. The number of aliphatic carboxylic acids is 1. The monoisotopic (exact) mass is 316 g/mol. The summed E-state index contributed by atoms with van der Waals surface area (Å²) in [6.45, 7) is 4.12. The number of carboxylic acid groups (broad SMARTS) is 1. The van der Waals surface area contributed by atoms with E-state index >= 15 is 0 Å². The van der Waals surface area contributed by atoms with Crippen LogP contribution >= 0.6 is 0 Å².